The number of carbonyl (C=O) groups is 1. The average molecular weight is 210 g/mol. The molecule has 0 radical (unpaired) electrons. The molecule has 0 aliphatic rings. The number of likely N-dealkylation sites (N-methyl/N-ethyl adjacent to an activating group) is 1. The third kappa shape index (κ3) is 2.50. The van der Waals surface area contributed by atoms with Gasteiger partial charge in [0, 0.05) is 19.2 Å². The predicted octanol–water partition coefficient (Wildman–Crippen LogP) is 0.374. The summed E-state index contributed by atoms with van der Waals surface area (Å²) in [5.74, 6) is -0.552. The summed E-state index contributed by atoms with van der Waals surface area (Å²) in [6.07, 6.45) is -1.30. The SMILES string of the molecule is CNC(=O)C(O)c1ccc([N+](=O)[O-])cc1. The van der Waals surface area contributed by atoms with Gasteiger partial charge in [-0.05, 0) is 17.7 Å². The molecule has 1 aromatic carbocycles. The molecule has 0 aromatic heterocycles. The number of hydrogen-bond acceptors (Lipinski definition) is 4. The number of aliphatic hydroxyl groups excluding tert-OH is 1. The first-order valence-corrected chi connectivity index (χ1v) is 4.20. The predicted molar refractivity (Wildman–Crippen MR) is 52.1 cm³/mol. The Bertz CT molecular complexity index is 374. The van der Waals surface area contributed by atoms with Gasteiger partial charge in [0.05, 0.1) is 4.92 Å². The number of aliphatic hydroxyl groups is 1. The van der Waals surface area contributed by atoms with Crippen LogP contribution in [0.3, 0.4) is 0 Å². The van der Waals surface area contributed by atoms with Crippen LogP contribution < -0.4 is 5.32 Å². The lowest BCUT2D eigenvalue weighted by molar-refractivity contribution is -0.384. The van der Waals surface area contributed by atoms with Crippen LogP contribution in [0.2, 0.25) is 0 Å². The van der Waals surface area contributed by atoms with Crippen LogP contribution in [0.4, 0.5) is 5.69 Å². The van der Waals surface area contributed by atoms with E-state index in [9.17, 15) is 20.0 Å². The van der Waals surface area contributed by atoms with E-state index >= 15 is 0 Å². The zero-order valence-electron chi connectivity index (χ0n) is 8.01. The molecule has 80 valence electrons. The van der Waals surface area contributed by atoms with E-state index in [-0.39, 0.29) is 5.69 Å². The number of nitrogens with one attached hydrogen (secondary N) is 1. The molecule has 0 aliphatic carbocycles. The zero-order valence-corrected chi connectivity index (χ0v) is 8.01. The first kappa shape index (κ1) is 11.1. The molecule has 0 bridgehead atoms. The summed E-state index contributed by atoms with van der Waals surface area (Å²) >= 11 is 0. The van der Waals surface area contributed by atoms with E-state index in [1.54, 1.807) is 0 Å². The van der Waals surface area contributed by atoms with Gasteiger partial charge in [0.1, 0.15) is 0 Å². The Kier molecular flexibility index (Phi) is 3.35. The molecule has 0 saturated heterocycles. The topological polar surface area (TPSA) is 92.5 Å². The maximum Gasteiger partial charge on any atom is 0.269 e. The Balaban J connectivity index is 2.89. The second-order valence-electron chi connectivity index (χ2n) is 2.87. The zero-order chi connectivity index (χ0) is 11.4. The van der Waals surface area contributed by atoms with E-state index in [1.165, 1.54) is 31.3 Å². The molecule has 1 atom stereocenters. The van der Waals surface area contributed by atoms with Gasteiger partial charge in [-0.2, -0.15) is 0 Å². The number of nitro benzene ring substituents is 1. The number of nitro groups is 1. The molecular formula is C9H10N2O4. The summed E-state index contributed by atoms with van der Waals surface area (Å²) in [5, 5.41) is 22.1. The Labute approximate surface area is 85.7 Å². The second kappa shape index (κ2) is 4.52. The van der Waals surface area contributed by atoms with E-state index in [4.69, 9.17) is 0 Å². The van der Waals surface area contributed by atoms with E-state index in [0.717, 1.165) is 0 Å². The van der Waals surface area contributed by atoms with Crippen LogP contribution in [0.5, 0.6) is 0 Å². The second-order valence-corrected chi connectivity index (χ2v) is 2.87. The molecule has 1 unspecified atom stereocenters. The molecule has 0 heterocycles. The quantitative estimate of drug-likeness (QED) is 0.557. The number of non-ortho nitro benzene ring substituents is 1. The Hall–Kier alpha value is -1.95. The number of carbonyl (C=O) groups excluding carboxylic acids is 1. The Morgan fingerprint density at radius 2 is 2.00 bits per heavy atom. The molecule has 1 amide bonds. The number of hydrogen-bond donors (Lipinski definition) is 2. The molecule has 15 heavy (non-hydrogen) atoms. The van der Waals surface area contributed by atoms with Crippen molar-refractivity contribution in [2.45, 2.75) is 6.10 Å². The van der Waals surface area contributed by atoms with Crippen LogP contribution in [-0.4, -0.2) is 23.0 Å². The lowest BCUT2D eigenvalue weighted by atomic mass is 10.1. The summed E-state index contributed by atoms with van der Waals surface area (Å²) in [6, 6.07) is 5.17. The minimum atomic E-state index is -1.30. The van der Waals surface area contributed by atoms with Crippen LogP contribution in [0.25, 0.3) is 0 Å². The third-order valence-electron chi connectivity index (χ3n) is 1.91. The molecule has 0 fully saturated rings. The highest BCUT2D eigenvalue weighted by atomic mass is 16.6. The van der Waals surface area contributed by atoms with Gasteiger partial charge in [-0.1, -0.05) is 0 Å². The molecule has 0 spiro atoms. The monoisotopic (exact) mass is 210 g/mol. The lowest BCUT2D eigenvalue weighted by Crippen LogP contribution is -2.25. The van der Waals surface area contributed by atoms with Crippen molar-refractivity contribution in [3.63, 3.8) is 0 Å². The summed E-state index contributed by atoms with van der Waals surface area (Å²) in [6.45, 7) is 0. The highest BCUT2D eigenvalue weighted by Gasteiger charge is 2.16. The van der Waals surface area contributed by atoms with Crippen molar-refractivity contribution in [2.24, 2.45) is 0 Å². The molecule has 1 rings (SSSR count). The van der Waals surface area contributed by atoms with Crippen molar-refractivity contribution in [1.82, 2.24) is 5.32 Å². The van der Waals surface area contributed by atoms with E-state index in [1.807, 2.05) is 0 Å². The first-order chi connectivity index (χ1) is 7.06. The van der Waals surface area contributed by atoms with Gasteiger partial charge in [-0.3, -0.25) is 14.9 Å². The normalized spacial score (nSPS) is 11.9. The highest BCUT2D eigenvalue weighted by molar-refractivity contribution is 5.81. The first-order valence-electron chi connectivity index (χ1n) is 4.20. The summed E-state index contributed by atoms with van der Waals surface area (Å²) in [7, 11) is 1.40. The van der Waals surface area contributed by atoms with Gasteiger partial charge in [-0.25, -0.2) is 0 Å². The van der Waals surface area contributed by atoms with Crippen molar-refractivity contribution in [3.05, 3.63) is 39.9 Å². The summed E-state index contributed by atoms with van der Waals surface area (Å²) < 4.78 is 0. The van der Waals surface area contributed by atoms with Crippen LogP contribution in [-0.2, 0) is 4.79 Å². The van der Waals surface area contributed by atoms with E-state index in [2.05, 4.69) is 5.32 Å². The average Bonchev–Trinajstić information content (AvgIpc) is 2.27. The Morgan fingerprint density at radius 1 is 1.47 bits per heavy atom. The number of nitrogens with zero attached hydrogens (tertiary/aromatic N) is 1. The maximum absolute atomic E-state index is 11.0. The Morgan fingerprint density at radius 3 is 2.40 bits per heavy atom. The van der Waals surface area contributed by atoms with E-state index in [0.29, 0.717) is 5.56 Å². The third-order valence-corrected chi connectivity index (χ3v) is 1.91. The lowest BCUT2D eigenvalue weighted by Gasteiger charge is -2.08. The van der Waals surface area contributed by atoms with Gasteiger partial charge in [-0.15, -0.1) is 0 Å². The highest BCUT2D eigenvalue weighted by Crippen LogP contribution is 2.17. The molecule has 0 saturated carbocycles. The maximum atomic E-state index is 11.0. The summed E-state index contributed by atoms with van der Waals surface area (Å²) in [5.41, 5.74) is 0.239. The molecule has 1 aromatic rings. The van der Waals surface area contributed by atoms with Gasteiger partial charge in [0.2, 0.25) is 0 Å². The fourth-order valence-electron chi connectivity index (χ4n) is 1.07. The van der Waals surface area contributed by atoms with Crippen LogP contribution in [0, 0.1) is 10.1 Å². The van der Waals surface area contributed by atoms with Crippen molar-refractivity contribution in [1.29, 1.82) is 0 Å². The summed E-state index contributed by atoms with van der Waals surface area (Å²) in [4.78, 5) is 20.8. The largest absolute Gasteiger partial charge is 0.378 e. The van der Waals surface area contributed by atoms with Crippen molar-refractivity contribution in [3.8, 4) is 0 Å². The fraction of sp³-hybridized carbons (Fsp3) is 0.222. The van der Waals surface area contributed by atoms with Gasteiger partial charge >= 0.3 is 0 Å². The molecular weight excluding hydrogens is 200 g/mol. The fourth-order valence-corrected chi connectivity index (χ4v) is 1.07. The standard InChI is InChI=1S/C9H10N2O4/c1-10-9(13)8(12)6-2-4-7(5-3-6)11(14)15/h2-5,8,12H,1H3,(H,10,13). The van der Waals surface area contributed by atoms with Gasteiger partial charge in [0.25, 0.3) is 11.6 Å². The number of amides is 1. The molecule has 2 N–H and O–H groups in total. The van der Waals surface area contributed by atoms with Crippen molar-refractivity contribution < 1.29 is 14.8 Å². The van der Waals surface area contributed by atoms with Gasteiger partial charge < -0.3 is 10.4 Å². The smallest absolute Gasteiger partial charge is 0.269 e. The van der Waals surface area contributed by atoms with E-state index < -0.39 is 16.9 Å². The number of rotatable bonds is 3. The van der Waals surface area contributed by atoms with Gasteiger partial charge in [0.15, 0.2) is 6.10 Å². The van der Waals surface area contributed by atoms with Crippen molar-refractivity contribution >= 4 is 11.6 Å². The van der Waals surface area contributed by atoms with Crippen LogP contribution >= 0.6 is 0 Å². The minimum absolute atomic E-state index is 0.0807. The molecule has 6 heteroatoms. The van der Waals surface area contributed by atoms with Crippen LogP contribution in [0.1, 0.15) is 11.7 Å². The molecule has 6 nitrogen and oxygen atoms in total. The minimum Gasteiger partial charge on any atom is -0.378 e. The molecule has 0 aliphatic heterocycles. The number of benzene rings is 1. The van der Waals surface area contributed by atoms with Crippen molar-refractivity contribution in [2.75, 3.05) is 7.05 Å². The van der Waals surface area contributed by atoms with Crippen LogP contribution in [0.15, 0.2) is 24.3 Å².